The number of halogens is 1. The van der Waals surface area contributed by atoms with Crippen molar-refractivity contribution in [2.45, 2.75) is 90.2 Å². The van der Waals surface area contributed by atoms with Crippen LogP contribution >= 0.6 is 0 Å². The minimum Gasteiger partial charge on any atom is -0.457 e. The van der Waals surface area contributed by atoms with Crippen LogP contribution in [0.5, 0.6) is 0 Å². The van der Waals surface area contributed by atoms with Crippen LogP contribution in [0, 0.1) is 28.6 Å². The van der Waals surface area contributed by atoms with Crippen molar-refractivity contribution in [3.05, 3.63) is 23.8 Å². The van der Waals surface area contributed by atoms with Gasteiger partial charge in [-0.15, -0.1) is 0 Å². The van der Waals surface area contributed by atoms with Crippen molar-refractivity contribution in [1.29, 1.82) is 0 Å². The molecule has 0 aromatic carbocycles. The molecule has 0 radical (unpaired) electrons. The molecule has 8 heteroatoms. The fourth-order valence-corrected chi connectivity index (χ4v) is 8.00. The van der Waals surface area contributed by atoms with Gasteiger partial charge < -0.3 is 14.2 Å². The molecule has 4 fully saturated rings. The van der Waals surface area contributed by atoms with Crippen LogP contribution in [0.3, 0.4) is 0 Å². The average molecular weight is 503 g/mol. The van der Waals surface area contributed by atoms with Crippen molar-refractivity contribution in [3.63, 3.8) is 0 Å². The molecule has 5 aliphatic rings. The van der Waals surface area contributed by atoms with Gasteiger partial charge in [0.25, 0.3) is 0 Å². The average Bonchev–Trinajstić information content (AvgIpc) is 3.48. The highest BCUT2D eigenvalue weighted by Crippen LogP contribution is 2.76. The Morgan fingerprint density at radius 1 is 1.22 bits per heavy atom. The highest BCUT2D eigenvalue weighted by molar-refractivity contribution is 6.01. The van der Waals surface area contributed by atoms with E-state index in [1.807, 2.05) is 13.8 Å². The van der Waals surface area contributed by atoms with Crippen molar-refractivity contribution in [2.24, 2.45) is 28.6 Å². The quantitative estimate of drug-likeness (QED) is 0.402. The molecule has 0 amide bonds. The zero-order chi connectivity index (χ0) is 26.3. The zero-order valence-corrected chi connectivity index (χ0v) is 21.6. The van der Waals surface area contributed by atoms with Gasteiger partial charge in [0.2, 0.25) is 5.78 Å². The summed E-state index contributed by atoms with van der Waals surface area (Å²) in [6.45, 7) is 8.46. The number of ketones is 2. The molecule has 0 aromatic rings. The predicted octanol–water partition coefficient (Wildman–Crippen LogP) is 3.83. The van der Waals surface area contributed by atoms with Crippen LogP contribution < -0.4 is 0 Å². The van der Waals surface area contributed by atoms with E-state index in [-0.39, 0.29) is 36.6 Å². The lowest BCUT2D eigenvalue weighted by atomic mass is 9.46. The lowest BCUT2D eigenvalue weighted by Gasteiger charge is -2.56. The molecule has 0 N–H and O–H groups in total. The molecular formula is C28H35FO7. The summed E-state index contributed by atoms with van der Waals surface area (Å²) in [6.07, 6.45) is 4.73. The molecule has 1 spiro atoms. The van der Waals surface area contributed by atoms with Gasteiger partial charge >= 0.3 is 11.9 Å². The molecule has 4 aliphatic carbocycles. The van der Waals surface area contributed by atoms with Gasteiger partial charge in [-0.2, -0.15) is 0 Å². The second-order valence-corrected chi connectivity index (χ2v) is 11.9. The number of carbonyl (C=O) groups excluding carboxylic acids is 4. The monoisotopic (exact) mass is 502 g/mol. The Bertz CT molecular complexity index is 1090. The van der Waals surface area contributed by atoms with Crippen molar-refractivity contribution in [2.75, 3.05) is 6.61 Å². The Balaban J connectivity index is 1.52. The molecule has 2 unspecified atom stereocenters. The van der Waals surface area contributed by atoms with Gasteiger partial charge in [-0.1, -0.05) is 33.8 Å². The van der Waals surface area contributed by atoms with E-state index in [1.54, 1.807) is 26.8 Å². The van der Waals surface area contributed by atoms with Crippen LogP contribution in [-0.2, 0) is 33.4 Å². The Labute approximate surface area is 210 Å². The Morgan fingerprint density at radius 2 is 1.94 bits per heavy atom. The van der Waals surface area contributed by atoms with E-state index < -0.39 is 58.5 Å². The van der Waals surface area contributed by atoms with Crippen LogP contribution in [0.15, 0.2) is 23.8 Å². The molecule has 196 valence electrons. The molecule has 1 aliphatic heterocycles. The first-order chi connectivity index (χ1) is 16.9. The number of ether oxygens (including phenoxy) is 3. The van der Waals surface area contributed by atoms with Crippen molar-refractivity contribution in [1.82, 2.24) is 0 Å². The summed E-state index contributed by atoms with van der Waals surface area (Å²) in [5, 5.41) is 0. The summed E-state index contributed by atoms with van der Waals surface area (Å²) >= 11 is 0. The SMILES string of the molecule is CCC(=O)O[C@]1(C(=O)COC(=O)C(C)C)CC[C@H]2[C@@H]3CC(F)C4=CC(=O)C=C[C@]4(C)[C@]34OC4C[C@@]21C. The van der Waals surface area contributed by atoms with Gasteiger partial charge in [0.05, 0.1) is 12.0 Å². The molecule has 8 atom stereocenters. The maximum atomic E-state index is 15.7. The number of hydrogen-bond acceptors (Lipinski definition) is 7. The number of alkyl halides is 1. The van der Waals surface area contributed by atoms with E-state index in [4.69, 9.17) is 14.2 Å². The van der Waals surface area contributed by atoms with E-state index in [0.29, 0.717) is 24.8 Å². The van der Waals surface area contributed by atoms with E-state index >= 15 is 4.39 Å². The molecule has 3 saturated carbocycles. The molecule has 7 nitrogen and oxygen atoms in total. The first-order valence-corrected chi connectivity index (χ1v) is 13.0. The summed E-state index contributed by atoms with van der Waals surface area (Å²) < 4.78 is 33.4. The third kappa shape index (κ3) is 3.12. The Kier molecular flexibility index (Phi) is 5.67. The first kappa shape index (κ1) is 25.3. The summed E-state index contributed by atoms with van der Waals surface area (Å²) in [6, 6.07) is 0. The summed E-state index contributed by atoms with van der Waals surface area (Å²) in [4.78, 5) is 50.5. The second-order valence-electron chi connectivity index (χ2n) is 11.9. The van der Waals surface area contributed by atoms with Gasteiger partial charge in [0.15, 0.2) is 18.0 Å². The van der Waals surface area contributed by atoms with Crippen molar-refractivity contribution < 1.29 is 37.8 Å². The fraction of sp³-hybridized carbons (Fsp3) is 0.714. The molecule has 36 heavy (non-hydrogen) atoms. The van der Waals surface area contributed by atoms with E-state index in [2.05, 4.69) is 0 Å². The zero-order valence-electron chi connectivity index (χ0n) is 21.6. The maximum absolute atomic E-state index is 15.7. The number of Topliss-reactive ketones (excluding diaryl/α,β-unsaturated/α-hetero) is 1. The number of epoxide rings is 1. The predicted molar refractivity (Wildman–Crippen MR) is 126 cm³/mol. The normalized spacial score (nSPS) is 44.1. The van der Waals surface area contributed by atoms with Crippen molar-refractivity contribution >= 4 is 23.5 Å². The Morgan fingerprint density at radius 3 is 2.61 bits per heavy atom. The maximum Gasteiger partial charge on any atom is 0.308 e. The number of esters is 2. The molecule has 1 heterocycles. The van der Waals surface area contributed by atoms with Crippen LogP contribution in [-0.4, -0.2) is 53.6 Å². The van der Waals surface area contributed by atoms with Gasteiger partial charge in [-0.3, -0.25) is 19.2 Å². The summed E-state index contributed by atoms with van der Waals surface area (Å²) in [7, 11) is 0. The molecule has 5 rings (SSSR count). The topological polar surface area (TPSA) is 99.3 Å². The number of fused-ring (bicyclic) bond motifs is 3. The summed E-state index contributed by atoms with van der Waals surface area (Å²) in [5.74, 6) is -2.39. The lowest BCUT2D eigenvalue weighted by Crippen LogP contribution is -2.63. The first-order valence-electron chi connectivity index (χ1n) is 13.0. The second kappa shape index (κ2) is 8.07. The van der Waals surface area contributed by atoms with E-state index in [9.17, 15) is 19.2 Å². The highest BCUT2D eigenvalue weighted by atomic mass is 19.1. The fourth-order valence-electron chi connectivity index (χ4n) is 8.00. The van der Waals surface area contributed by atoms with E-state index in [0.717, 1.165) is 0 Å². The molecular weight excluding hydrogens is 467 g/mol. The highest BCUT2D eigenvalue weighted by Gasteiger charge is 2.82. The minimum atomic E-state index is -1.47. The van der Waals surface area contributed by atoms with Gasteiger partial charge in [-0.05, 0) is 62.2 Å². The molecule has 1 saturated heterocycles. The van der Waals surface area contributed by atoms with Crippen LogP contribution in [0.4, 0.5) is 4.39 Å². The number of carbonyl (C=O) groups is 4. The van der Waals surface area contributed by atoms with Crippen LogP contribution in [0.1, 0.15) is 66.7 Å². The van der Waals surface area contributed by atoms with Gasteiger partial charge in [-0.25, -0.2) is 4.39 Å². The number of allylic oxidation sites excluding steroid dienone is 2. The largest absolute Gasteiger partial charge is 0.457 e. The van der Waals surface area contributed by atoms with Gasteiger partial charge in [0, 0.05) is 17.3 Å². The standard InChI is InChI=1S/C28H35FO7/c1-6-23(32)36-27(21(31)14-34-24(33)15(2)3)10-8-17-18-12-20(29)19-11-16(30)7-9-25(19,4)28(18)22(35-28)13-26(17,27)5/h7,9,11,15,17-18,20,22H,6,8,10,12-14H2,1-5H3/t17-,18-,20?,22?,25-,26-,27-,28-/m0/s1. The van der Waals surface area contributed by atoms with Gasteiger partial charge in [0.1, 0.15) is 11.8 Å². The smallest absolute Gasteiger partial charge is 0.308 e. The Hall–Kier alpha value is -2.35. The van der Waals surface area contributed by atoms with Crippen LogP contribution in [0.2, 0.25) is 0 Å². The number of hydrogen-bond donors (Lipinski definition) is 0. The third-order valence-electron chi connectivity index (χ3n) is 9.89. The van der Waals surface area contributed by atoms with Crippen molar-refractivity contribution in [3.8, 4) is 0 Å². The van der Waals surface area contributed by atoms with Crippen LogP contribution in [0.25, 0.3) is 0 Å². The molecule has 0 bridgehead atoms. The molecule has 0 aromatic heterocycles. The summed E-state index contributed by atoms with van der Waals surface area (Å²) in [5.41, 5.74) is -3.21. The number of rotatable bonds is 6. The minimum absolute atomic E-state index is 0.104. The lowest BCUT2D eigenvalue weighted by molar-refractivity contribution is -0.189. The van der Waals surface area contributed by atoms with E-state index in [1.165, 1.54) is 12.2 Å². The third-order valence-corrected chi connectivity index (χ3v) is 9.89.